The van der Waals surface area contributed by atoms with Crippen LogP contribution in [0.5, 0.6) is 0 Å². The maximum absolute atomic E-state index is 7.61. The summed E-state index contributed by atoms with van der Waals surface area (Å²) >= 11 is 0. The van der Waals surface area contributed by atoms with Crippen molar-refractivity contribution in [1.29, 1.82) is 0 Å². The van der Waals surface area contributed by atoms with Crippen molar-refractivity contribution in [2.75, 3.05) is 0 Å². The zero-order chi connectivity index (χ0) is 3.58. The van der Waals surface area contributed by atoms with E-state index in [9.17, 15) is 0 Å². The molecule has 0 atom stereocenters. The van der Waals surface area contributed by atoms with E-state index in [1.165, 1.54) is 6.92 Å². The van der Waals surface area contributed by atoms with Crippen LogP contribution >= 0.6 is 0 Å². The zero-order valence-electron chi connectivity index (χ0n) is 4.14. The van der Waals surface area contributed by atoms with Crippen LogP contribution in [0, 0.1) is 0 Å². The minimum atomic E-state index is -1.17. The van der Waals surface area contributed by atoms with Gasteiger partial charge in [-0.3, -0.25) is 0 Å². The molecule has 0 fully saturated rings. The van der Waals surface area contributed by atoms with Gasteiger partial charge in [0.2, 0.25) is 0 Å². The molecule has 0 aromatic carbocycles. The van der Waals surface area contributed by atoms with Crippen LogP contribution in [0.1, 0.15) is 6.92 Å². The van der Waals surface area contributed by atoms with Gasteiger partial charge in [-0.15, -0.1) is 0 Å². The largest absolute Gasteiger partial charge is 0.412 e. The van der Waals surface area contributed by atoms with E-state index in [2.05, 4.69) is 0 Å². The van der Waals surface area contributed by atoms with Gasteiger partial charge in [0.25, 0.3) is 0 Å². The van der Waals surface area contributed by atoms with Crippen LogP contribution < -0.4 is 0 Å². The second-order valence-electron chi connectivity index (χ2n) is 0.632. The molecule has 0 saturated heterocycles. The Morgan fingerprint density at radius 2 is 1.00 bits per heavy atom. The molecule has 6 N–H and O–H groups in total. The Hall–Kier alpha value is 1.09. The van der Waals surface area contributed by atoms with E-state index in [0.717, 1.165) is 0 Å². The Balaban J connectivity index is -0.00000000750. The summed E-state index contributed by atoms with van der Waals surface area (Å²) in [4.78, 5) is 0. The summed E-state index contributed by atoms with van der Waals surface area (Å²) in [7, 11) is 0. The normalized spacial score (nSPS) is 4.50. The standard InChI is InChI=1S/C2H6O2.2H2O.2Rh/c1-2(3)4;;;;/h2-4H,1H3;2*1H2;;. The molecule has 0 aliphatic carbocycles. The number of aliphatic hydroxyl groups is 2. The van der Waals surface area contributed by atoms with Crippen LogP contribution in [0.2, 0.25) is 0 Å². The van der Waals surface area contributed by atoms with Crippen LogP contribution in [0.3, 0.4) is 0 Å². The molecule has 60 valence electrons. The van der Waals surface area contributed by atoms with Crippen molar-refractivity contribution in [2.45, 2.75) is 13.2 Å². The van der Waals surface area contributed by atoms with Crippen LogP contribution in [0.15, 0.2) is 0 Å². The predicted octanol–water partition coefficient (Wildman–Crippen LogP) is -2.34. The van der Waals surface area contributed by atoms with Crippen LogP contribution in [0.4, 0.5) is 0 Å². The molecule has 8 heavy (non-hydrogen) atoms. The molecule has 0 aromatic rings. The molecule has 0 aliphatic heterocycles. The van der Waals surface area contributed by atoms with Crippen molar-refractivity contribution in [3.05, 3.63) is 0 Å². The van der Waals surface area contributed by atoms with Crippen molar-refractivity contribution in [3.63, 3.8) is 0 Å². The maximum Gasteiger partial charge on any atom is 0.148 e. The van der Waals surface area contributed by atoms with E-state index in [4.69, 9.17) is 10.2 Å². The fourth-order valence-electron chi connectivity index (χ4n) is 0. The molecule has 0 aliphatic rings. The van der Waals surface area contributed by atoms with Gasteiger partial charge in [0.15, 0.2) is 0 Å². The molecule has 0 amide bonds. The van der Waals surface area contributed by atoms with Gasteiger partial charge in [0.05, 0.1) is 0 Å². The van der Waals surface area contributed by atoms with Gasteiger partial charge >= 0.3 is 0 Å². The SMILES string of the molecule is CC(O)O.O.O.[Rh].[Rh]. The molecule has 6 heteroatoms. The summed E-state index contributed by atoms with van der Waals surface area (Å²) in [6, 6.07) is 0. The first-order chi connectivity index (χ1) is 1.73. The van der Waals surface area contributed by atoms with Crippen molar-refractivity contribution in [1.82, 2.24) is 0 Å². The first-order valence-corrected chi connectivity index (χ1v) is 1.09. The fraction of sp³-hybridized carbons (Fsp3) is 1.00. The minimum absolute atomic E-state index is 0. The molecule has 0 saturated carbocycles. The molecule has 0 rings (SSSR count). The second-order valence-corrected chi connectivity index (χ2v) is 0.632. The molecule has 4 nitrogen and oxygen atoms in total. The van der Waals surface area contributed by atoms with Gasteiger partial charge in [0.1, 0.15) is 6.29 Å². The Labute approximate surface area is 73.4 Å². The Bertz CT molecular complexity index is 16.8. The average Bonchev–Trinajstić information content (AvgIpc) is 0.811. The third-order valence-electron chi connectivity index (χ3n) is 0. The quantitative estimate of drug-likeness (QED) is 0.387. The first kappa shape index (κ1) is 35.6. The number of aliphatic hydroxyl groups excluding tert-OH is 1. The average molecular weight is 304 g/mol. The third kappa shape index (κ3) is 222. The van der Waals surface area contributed by atoms with Gasteiger partial charge in [0, 0.05) is 39.0 Å². The third-order valence-corrected chi connectivity index (χ3v) is 0. The van der Waals surface area contributed by atoms with Crippen molar-refractivity contribution in [2.24, 2.45) is 0 Å². The number of hydrogen-bond donors (Lipinski definition) is 2. The Morgan fingerprint density at radius 3 is 1.00 bits per heavy atom. The summed E-state index contributed by atoms with van der Waals surface area (Å²) in [6.07, 6.45) is -1.17. The minimum Gasteiger partial charge on any atom is -0.412 e. The van der Waals surface area contributed by atoms with Gasteiger partial charge in [-0.2, -0.15) is 0 Å². The van der Waals surface area contributed by atoms with Crippen LogP contribution in [-0.2, 0) is 39.0 Å². The maximum atomic E-state index is 7.61. The van der Waals surface area contributed by atoms with Crippen molar-refractivity contribution >= 4 is 0 Å². The Kier molecular flexibility index (Phi) is 108. The summed E-state index contributed by atoms with van der Waals surface area (Å²) < 4.78 is 0. The second kappa shape index (κ2) is 24.3. The molecular weight excluding hydrogens is 294 g/mol. The molecule has 0 spiro atoms. The van der Waals surface area contributed by atoms with Crippen molar-refractivity contribution in [3.8, 4) is 0 Å². The zero-order valence-corrected chi connectivity index (χ0v) is 7.42. The van der Waals surface area contributed by atoms with E-state index in [0.29, 0.717) is 0 Å². The van der Waals surface area contributed by atoms with E-state index in [-0.39, 0.29) is 49.9 Å². The van der Waals surface area contributed by atoms with E-state index >= 15 is 0 Å². The van der Waals surface area contributed by atoms with Gasteiger partial charge in [-0.1, -0.05) is 0 Å². The smallest absolute Gasteiger partial charge is 0.148 e. The van der Waals surface area contributed by atoms with E-state index < -0.39 is 6.29 Å². The van der Waals surface area contributed by atoms with Gasteiger partial charge < -0.3 is 21.2 Å². The van der Waals surface area contributed by atoms with Crippen LogP contribution in [0.25, 0.3) is 0 Å². The van der Waals surface area contributed by atoms with Gasteiger partial charge in [-0.25, -0.2) is 0 Å². The Morgan fingerprint density at radius 1 is 1.00 bits per heavy atom. The molecule has 2 radical (unpaired) electrons. The molecular formula is C2H10O4Rh2. The van der Waals surface area contributed by atoms with Crippen LogP contribution in [-0.4, -0.2) is 27.5 Å². The fourth-order valence-corrected chi connectivity index (χ4v) is 0. The van der Waals surface area contributed by atoms with E-state index in [1.54, 1.807) is 0 Å². The monoisotopic (exact) mass is 304 g/mol. The molecule has 0 unspecified atom stereocenters. The summed E-state index contributed by atoms with van der Waals surface area (Å²) in [5, 5.41) is 15.2. The number of hydrogen-bond acceptors (Lipinski definition) is 2. The molecule has 0 aromatic heterocycles. The summed E-state index contributed by atoms with van der Waals surface area (Å²) in [5.74, 6) is 0. The molecule has 0 bridgehead atoms. The predicted molar refractivity (Wildman–Crippen MR) is 21.1 cm³/mol. The van der Waals surface area contributed by atoms with Crippen molar-refractivity contribution < 1.29 is 60.1 Å². The first-order valence-electron chi connectivity index (χ1n) is 1.09. The van der Waals surface area contributed by atoms with E-state index in [1.807, 2.05) is 0 Å². The van der Waals surface area contributed by atoms with Gasteiger partial charge in [-0.05, 0) is 6.92 Å². The topological polar surface area (TPSA) is 103 Å². The summed E-state index contributed by atoms with van der Waals surface area (Å²) in [6.45, 7) is 1.28. The summed E-state index contributed by atoms with van der Waals surface area (Å²) in [5.41, 5.74) is 0. The number of rotatable bonds is 0. The molecule has 0 heterocycles.